The molecule has 0 fully saturated rings. The molecule has 0 saturated heterocycles. The molecule has 0 spiro atoms. The van der Waals surface area contributed by atoms with Crippen molar-refractivity contribution in [2.24, 2.45) is 0 Å². The van der Waals surface area contributed by atoms with Crippen molar-refractivity contribution in [3.05, 3.63) is 105 Å². The topological polar surface area (TPSA) is 20.2 Å². The zero-order chi connectivity index (χ0) is 23.8. The Balaban J connectivity index is 1.78. The van der Waals surface area contributed by atoms with Crippen molar-refractivity contribution in [3.8, 4) is 0 Å². The minimum Gasteiger partial charge on any atom is -0.388 e. The molecule has 1 nitrogen and oxygen atoms in total. The first kappa shape index (κ1) is 23.8. The van der Waals surface area contributed by atoms with Crippen LogP contribution < -0.4 is 0 Å². The molecule has 1 N–H and O–H groups in total. The second kappa shape index (κ2) is 9.11. The Labute approximate surface area is 200 Å². The van der Waals surface area contributed by atoms with Crippen LogP contribution in [0.1, 0.15) is 92.2 Å². The van der Waals surface area contributed by atoms with Gasteiger partial charge in [0.2, 0.25) is 0 Å². The van der Waals surface area contributed by atoms with E-state index < -0.39 is 6.10 Å². The van der Waals surface area contributed by atoms with Crippen molar-refractivity contribution in [3.63, 3.8) is 0 Å². The molecular formula is C32H40O. The van der Waals surface area contributed by atoms with E-state index in [0.717, 1.165) is 25.7 Å². The quantitative estimate of drug-likeness (QED) is 0.449. The fraction of sp³-hybridized carbons (Fsp3) is 0.438. The number of benzene rings is 3. The molecule has 4 rings (SSSR count). The summed E-state index contributed by atoms with van der Waals surface area (Å²) in [6, 6.07) is 22.4. The SMILES string of the molecule is CC(C)(C)c1cc2cc(c1)CCc1cc(C(C)(C)C)cc(c1C(O)Cc1ccccc1)CC2. The summed E-state index contributed by atoms with van der Waals surface area (Å²) in [4.78, 5) is 0. The molecule has 1 heteroatoms. The van der Waals surface area contributed by atoms with E-state index >= 15 is 0 Å². The van der Waals surface area contributed by atoms with Gasteiger partial charge in [-0.25, -0.2) is 0 Å². The summed E-state index contributed by atoms with van der Waals surface area (Å²) in [6.45, 7) is 13.8. The lowest BCUT2D eigenvalue weighted by molar-refractivity contribution is 0.176. The summed E-state index contributed by atoms with van der Waals surface area (Å²) < 4.78 is 0. The van der Waals surface area contributed by atoms with Crippen LogP contribution >= 0.6 is 0 Å². The molecule has 0 aliphatic heterocycles. The maximum absolute atomic E-state index is 11.5. The van der Waals surface area contributed by atoms with Crippen LogP contribution in [-0.4, -0.2) is 5.11 Å². The lowest BCUT2D eigenvalue weighted by atomic mass is 9.78. The van der Waals surface area contributed by atoms with Crippen LogP contribution in [0.3, 0.4) is 0 Å². The first-order chi connectivity index (χ1) is 15.5. The van der Waals surface area contributed by atoms with Gasteiger partial charge >= 0.3 is 0 Å². The Kier molecular flexibility index (Phi) is 6.56. The second-order valence-corrected chi connectivity index (χ2v) is 12.0. The third-order valence-electron chi connectivity index (χ3n) is 7.11. The summed E-state index contributed by atoms with van der Waals surface area (Å²) >= 11 is 0. The van der Waals surface area contributed by atoms with Crippen molar-refractivity contribution >= 4 is 0 Å². The van der Waals surface area contributed by atoms with E-state index in [2.05, 4.69) is 96.1 Å². The predicted octanol–water partition coefficient (Wildman–Crippen LogP) is 7.44. The van der Waals surface area contributed by atoms with Crippen molar-refractivity contribution in [2.75, 3.05) is 0 Å². The molecule has 1 atom stereocenters. The van der Waals surface area contributed by atoms with Gasteiger partial charge in [-0.05, 0) is 81.0 Å². The molecular weight excluding hydrogens is 400 g/mol. The number of hydrogen-bond donors (Lipinski definition) is 1. The molecule has 0 saturated carbocycles. The van der Waals surface area contributed by atoms with Gasteiger partial charge in [-0.2, -0.15) is 0 Å². The average Bonchev–Trinajstić information content (AvgIpc) is 2.74. The van der Waals surface area contributed by atoms with Crippen LogP contribution in [0.25, 0.3) is 0 Å². The van der Waals surface area contributed by atoms with Gasteiger partial charge < -0.3 is 5.11 Å². The van der Waals surface area contributed by atoms with Crippen LogP contribution in [0.4, 0.5) is 0 Å². The van der Waals surface area contributed by atoms with Gasteiger partial charge in [0.15, 0.2) is 0 Å². The van der Waals surface area contributed by atoms with E-state index in [1.54, 1.807) is 0 Å². The Morgan fingerprint density at radius 1 is 0.667 bits per heavy atom. The number of fused-ring (bicyclic) bond motifs is 4. The summed E-state index contributed by atoms with van der Waals surface area (Å²) in [7, 11) is 0. The minimum absolute atomic E-state index is 0.0875. The Morgan fingerprint density at radius 3 is 1.64 bits per heavy atom. The fourth-order valence-electron chi connectivity index (χ4n) is 5.04. The molecule has 0 radical (unpaired) electrons. The van der Waals surface area contributed by atoms with Crippen molar-refractivity contribution in [1.29, 1.82) is 0 Å². The maximum Gasteiger partial charge on any atom is 0.0835 e. The first-order valence-corrected chi connectivity index (χ1v) is 12.5. The second-order valence-electron chi connectivity index (χ2n) is 12.0. The highest BCUT2D eigenvalue weighted by Gasteiger charge is 2.24. The van der Waals surface area contributed by atoms with Gasteiger partial charge in [0.05, 0.1) is 6.10 Å². The smallest absolute Gasteiger partial charge is 0.0835 e. The standard InChI is InChI=1S/C32H40O/c1-31(2,3)27-17-23-12-14-25-20-28(32(4,5)6)21-26(15-13-24(16-23)18-27)30(25)29(33)19-22-10-8-7-9-11-22/h7-11,16-18,20-21,29,33H,12-15,19H2,1-6H3. The predicted molar refractivity (Wildman–Crippen MR) is 140 cm³/mol. The van der Waals surface area contributed by atoms with Gasteiger partial charge in [0.1, 0.15) is 0 Å². The van der Waals surface area contributed by atoms with E-state index in [-0.39, 0.29) is 10.8 Å². The number of aryl methyl sites for hydroxylation is 4. The number of aliphatic hydroxyl groups excluding tert-OH is 1. The third-order valence-corrected chi connectivity index (χ3v) is 7.11. The van der Waals surface area contributed by atoms with Crippen LogP contribution in [0.5, 0.6) is 0 Å². The molecule has 1 unspecified atom stereocenters. The Hall–Kier alpha value is -2.38. The molecule has 4 bridgehead atoms. The van der Waals surface area contributed by atoms with E-state index in [4.69, 9.17) is 0 Å². The number of hydrogen-bond acceptors (Lipinski definition) is 1. The number of rotatable bonds is 3. The molecule has 3 aromatic rings. The van der Waals surface area contributed by atoms with Gasteiger partial charge in [-0.3, -0.25) is 0 Å². The summed E-state index contributed by atoms with van der Waals surface area (Å²) in [6.07, 6.45) is 4.13. The zero-order valence-corrected chi connectivity index (χ0v) is 21.3. The largest absolute Gasteiger partial charge is 0.388 e. The minimum atomic E-state index is -0.477. The van der Waals surface area contributed by atoms with E-state index in [1.165, 1.54) is 44.5 Å². The van der Waals surface area contributed by atoms with Crippen molar-refractivity contribution in [1.82, 2.24) is 0 Å². The van der Waals surface area contributed by atoms with Crippen molar-refractivity contribution < 1.29 is 5.11 Å². The molecule has 3 aromatic carbocycles. The van der Waals surface area contributed by atoms with E-state index in [0.29, 0.717) is 6.42 Å². The Bertz CT molecular complexity index is 1060. The lowest BCUT2D eigenvalue weighted by Gasteiger charge is -2.28. The van der Waals surface area contributed by atoms with Gasteiger partial charge in [0.25, 0.3) is 0 Å². The molecule has 1 aliphatic rings. The molecule has 0 aromatic heterocycles. The highest BCUT2D eigenvalue weighted by atomic mass is 16.3. The zero-order valence-electron chi connectivity index (χ0n) is 21.3. The molecule has 0 heterocycles. The van der Waals surface area contributed by atoms with Crippen LogP contribution in [-0.2, 0) is 42.9 Å². The third kappa shape index (κ3) is 5.58. The summed E-state index contributed by atoms with van der Waals surface area (Å²) in [5, 5.41) is 11.5. The maximum atomic E-state index is 11.5. The molecule has 174 valence electrons. The lowest BCUT2D eigenvalue weighted by Crippen LogP contribution is -2.18. The average molecular weight is 441 g/mol. The highest BCUT2D eigenvalue weighted by molar-refractivity contribution is 5.46. The van der Waals surface area contributed by atoms with Crippen LogP contribution in [0.2, 0.25) is 0 Å². The van der Waals surface area contributed by atoms with Crippen molar-refractivity contribution in [2.45, 2.75) is 90.6 Å². The normalized spacial score (nSPS) is 15.2. The van der Waals surface area contributed by atoms with Crippen LogP contribution in [0, 0.1) is 0 Å². The molecule has 0 amide bonds. The molecule has 33 heavy (non-hydrogen) atoms. The summed E-state index contributed by atoms with van der Waals surface area (Å²) in [5.41, 5.74) is 10.9. The monoisotopic (exact) mass is 440 g/mol. The van der Waals surface area contributed by atoms with Gasteiger partial charge in [-0.15, -0.1) is 0 Å². The fourth-order valence-corrected chi connectivity index (χ4v) is 5.04. The van der Waals surface area contributed by atoms with E-state index in [1.807, 2.05) is 6.07 Å². The number of aliphatic hydroxyl groups is 1. The summed E-state index contributed by atoms with van der Waals surface area (Å²) in [5.74, 6) is 0. The molecule has 1 aliphatic carbocycles. The highest BCUT2D eigenvalue weighted by Crippen LogP contribution is 2.35. The van der Waals surface area contributed by atoms with Crippen LogP contribution in [0.15, 0.2) is 60.7 Å². The van der Waals surface area contributed by atoms with Gasteiger partial charge in [0, 0.05) is 6.42 Å². The first-order valence-electron chi connectivity index (χ1n) is 12.5. The Morgan fingerprint density at radius 2 is 1.15 bits per heavy atom. The van der Waals surface area contributed by atoms with Gasteiger partial charge in [-0.1, -0.05) is 102 Å². The van der Waals surface area contributed by atoms with E-state index in [9.17, 15) is 5.11 Å².